The number of halogens is 3. The lowest BCUT2D eigenvalue weighted by Crippen LogP contribution is -2.44. The van der Waals surface area contributed by atoms with Gasteiger partial charge in [-0.1, -0.05) is 12.1 Å². The normalized spacial score (nSPS) is 30.4. The molecule has 1 aromatic carbocycles. The Balaban J connectivity index is 1.69. The van der Waals surface area contributed by atoms with E-state index in [0.29, 0.717) is 17.5 Å². The highest BCUT2D eigenvalue weighted by molar-refractivity contribution is 5.27. The van der Waals surface area contributed by atoms with Gasteiger partial charge in [-0.05, 0) is 56.5 Å². The summed E-state index contributed by atoms with van der Waals surface area (Å²) in [4.78, 5) is 2.47. The molecule has 1 aromatic rings. The first kappa shape index (κ1) is 14.9. The standard InChI is InChI=1S/C16H21F3N2/c1-11(12-3-2-4-14(9-12)16(17,18)19)20-15-6-8-21-7-5-13(15)10-21/h2-4,9,11,13,15,20H,5-8,10H2,1H3. The van der Waals surface area contributed by atoms with Gasteiger partial charge in [0.1, 0.15) is 0 Å². The highest BCUT2D eigenvalue weighted by atomic mass is 19.4. The van der Waals surface area contributed by atoms with Crippen LogP contribution in [0.4, 0.5) is 13.2 Å². The topological polar surface area (TPSA) is 15.3 Å². The van der Waals surface area contributed by atoms with Crippen molar-refractivity contribution in [3.05, 3.63) is 35.4 Å². The van der Waals surface area contributed by atoms with Crippen molar-refractivity contribution in [3.63, 3.8) is 0 Å². The lowest BCUT2D eigenvalue weighted by Gasteiger charge is -2.33. The molecule has 4 atom stereocenters. The minimum Gasteiger partial charge on any atom is -0.307 e. The first-order chi connectivity index (χ1) is 9.93. The Labute approximate surface area is 123 Å². The van der Waals surface area contributed by atoms with Gasteiger partial charge in [-0.15, -0.1) is 0 Å². The lowest BCUT2D eigenvalue weighted by atomic mass is 9.92. The van der Waals surface area contributed by atoms with E-state index in [0.717, 1.165) is 25.6 Å². The Bertz CT molecular complexity index is 501. The van der Waals surface area contributed by atoms with Crippen LogP contribution in [-0.2, 0) is 6.18 Å². The maximum absolute atomic E-state index is 12.8. The average Bonchev–Trinajstić information content (AvgIpc) is 2.84. The summed E-state index contributed by atoms with van der Waals surface area (Å²) in [6.45, 7) is 5.36. The molecule has 3 rings (SSSR count). The van der Waals surface area contributed by atoms with Crippen LogP contribution in [0.3, 0.4) is 0 Å². The Morgan fingerprint density at radius 2 is 2.00 bits per heavy atom. The van der Waals surface area contributed by atoms with Crippen molar-refractivity contribution in [2.75, 3.05) is 19.6 Å². The van der Waals surface area contributed by atoms with E-state index in [-0.39, 0.29) is 6.04 Å². The van der Waals surface area contributed by atoms with Gasteiger partial charge < -0.3 is 10.2 Å². The quantitative estimate of drug-likeness (QED) is 0.919. The van der Waals surface area contributed by atoms with E-state index in [4.69, 9.17) is 0 Å². The minimum atomic E-state index is -4.27. The number of rotatable bonds is 3. The van der Waals surface area contributed by atoms with Gasteiger partial charge in [0.25, 0.3) is 0 Å². The second kappa shape index (κ2) is 5.61. The van der Waals surface area contributed by atoms with E-state index in [1.54, 1.807) is 6.07 Å². The van der Waals surface area contributed by atoms with Gasteiger partial charge in [0.2, 0.25) is 0 Å². The summed E-state index contributed by atoms with van der Waals surface area (Å²) >= 11 is 0. The fourth-order valence-electron chi connectivity index (χ4n) is 3.57. The highest BCUT2D eigenvalue weighted by Gasteiger charge is 2.35. The first-order valence-electron chi connectivity index (χ1n) is 7.59. The summed E-state index contributed by atoms with van der Waals surface area (Å²) in [6.07, 6.45) is -1.98. The van der Waals surface area contributed by atoms with Crippen LogP contribution in [0, 0.1) is 5.92 Å². The number of hydrogen-bond donors (Lipinski definition) is 1. The van der Waals surface area contributed by atoms with E-state index in [2.05, 4.69) is 10.2 Å². The zero-order chi connectivity index (χ0) is 15.0. The predicted molar refractivity (Wildman–Crippen MR) is 75.9 cm³/mol. The van der Waals surface area contributed by atoms with Gasteiger partial charge in [-0.2, -0.15) is 13.2 Å². The number of benzene rings is 1. The fraction of sp³-hybridized carbons (Fsp3) is 0.625. The average molecular weight is 298 g/mol. The van der Waals surface area contributed by atoms with Crippen LogP contribution in [-0.4, -0.2) is 30.6 Å². The molecule has 2 aliphatic rings. The van der Waals surface area contributed by atoms with Crippen LogP contribution in [0.25, 0.3) is 0 Å². The SMILES string of the molecule is CC(NC1CCN2CCC1C2)c1cccc(C(F)(F)F)c1. The van der Waals surface area contributed by atoms with Crippen molar-refractivity contribution in [1.29, 1.82) is 0 Å². The maximum Gasteiger partial charge on any atom is 0.416 e. The highest BCUT2D eigenvalue weighted by Crippen LogP contribution is 2.32. The third kappa shape index (κ3) is 3.24. The summed E-state index contributed by atoms with van der Waals surface area (Å²) in [5, 5.41) is 3.55. The van der Waals surface area contributed by atoms with E-state index in [1.807, 2.05) is 6.92 Å². The molecule has 2 saturated heterocycles. The van der Waals surface area contributed by atoms with Gasteiger partial charge in [0.05, 0.1) is 5.56 Å². The van der Waals surface area contributed by atoms with Crippen LogP contribution in [0.2, 0.25) is 0 Å². The summed E-state index contributed by atoms with van der Waals surface area (Å²) in [5.41, 5.74) is 0.148. The number of hydrogen-bond acceptors (Lipinski definition) is 2. The van der Waals surface area contributed by atoms with Crippen molar-refractivity contribution >= 4 is 0 Å². The maximum atomic E-state index is 12.8. The van der Waals surface area contributed by atoms with Gasteiger partial charge in [0, 0.05) is 18.6 Å². The Hall–Kier alpha value is -1.07. The molecule has 0 amide bonds. The van der Waals surface area contributed by atoms with Gasteiger partial charge in [-0.3, -0.25) is 0 Å². The Morgan fingerprint density at radius 1 is 1.24 bits per heavy atom. The van der Waals surface area contributed by atoms with Gasteiger partial charge in [-0.25, -0.2) is 0 Å². The summed E-state index contributed by atoms with van der Waals surface area (Å²) in [5.74, 6) is 0.645. The zero-order valence-corrected chi connectivity index (χ0v) is 12.2. The van der Waals surface area contributed by atoms with E-state index in [1.165, 1.54) is 25.1 Å². The molecule has 0 radical (unpaired) electrons. The smallest absolute Gasteiger partial charge is 0.307 e. The lowest BCUT2D eigenvalue weighted by molar-refractivity contribution is -0.137. The van der Waals surface area contributed by atoms with Crippen molar-refractivity contribution in [1.82, 2.24) is 10.2 Å². The summed E-state index contributed by atoms with van der Waals surface area (Å²) < 4.78 is 38.4. The van der Waals surface area contributed by atoms with Gasteiger partial charge >= 0.3 is 6.18 Å². The second-order valence-corrected chi connectivity index (χ2v) is 6.26. The predicted octanol–water partition coefficient (Wildman–Crippen LogP) is 3.45. The molecule has 0 aromatic heterocycles. The van der Waals surface area contributed by atoms with E-state index >= 15 is 0 Å². The number of piperidine rings is 1. The molecule has 1 N–H and O–H groups in total. The molecule has 2 nitrogen and oxygen atoms in total. The number of nitrogens with zero attached hydrogens (tertiary/aromatic N) is 1. The molecule has 2 fully saturated rings. The molecule has 2 bridgehead atoms. The van der Waals surface area contributed by atoms with Crippen LogP contribution in [0.1, 0.15) is 36.9 Å². The minimum absolute atomic E-state index is 0.0514. The number of fused-ring (bicyclic) bond motifs is 2. The molecule has 2 aliphatic heterocycles. The van der Waals surface area contributed by atoms with Crippen LogP contribution < -0.4 is 5.32 Å². The molecule has 21 heavy (non-hydrogen) atoms. The van der Waals surface area contributed by atoms with Crippen LogP contribution in [0.5, 0.6) is 0 Å². The molecule has 5 heteroatoms. The fourth-order valence-corrected chi connectivity index (χ4v) is 3.57. The monoisotopic (exact) mass is 298 g/mol. The van der Waals surface area contributed by atoms with Crippen molar-refractivity contribution in [2.24, 2.45) is 5.92 Å². The largest absolute Gasteiger partial charge is 0.416 e. The Kier molecular flexibility index (Phi) is 3.97. The van der Waals surface area contributed by atoms with Crippen LogP contribution in [0.15, 0.2) is 24.3 Å². The molecule has 0 saturated carbocycles. The third-order valence-electron chi connectivity index (χ3n) is 4.81. The van der Waals surface area contributed by atoms with Crippen molar-refractivity contribution in [3.8, 4) is 0 Å². The molecule has 2 heterocycles. The third-order valence-corrected chi connectivity index (χ3v) is 4.81. The Morgan fingerprint density at radius 3 is 2.76 bits per heavy atom. The molecule has 4 unspecified atom stereocenters. The van der Waals surface area contributed by atoms with Gasteiger partial charge in [0.15, 0.2) is 0 Å². The molecule has 0 spiro atoms. The number of alkyl halides is 3. The van der Waals surface area contributed by atoms with Crippen molar-refractivity contribution < 1.29 is 13.2 Å². The molecular formula is C16H21F3N2. The number of nitrogens with one attached hydrogen (secondary N) is 1. The zero-order valence-electron chi connectivity index (χ0n) is 12.2. The summed E-state index contributed by atoms with van der Waals surface area (Å²) in [6, 6.07) is 6.04. The molecule has 116 valence electrons. The molecule has 0 aliphatic carbocycles. The van der Waals surface area contributed by atoms with Crippen LogP contribution >= 0.6 is 0 Å². The molecular weight excluding hydrogens is 277 g/mol. The second-order valence-electron chi connectivity index (χ2n) is 6.26. The summed E-state index contributed by atoms with van der Waals surface area (Å²) in [7, 11) is 0. The first-order valence-corrected chi connectivity index (χ1v) is 7.59. The van der Waals surface area contributed by atoms with Crippen molar-refractivity contribution in [2.45, 2.75) is 38.0 Å². The van der Waals surface area contributed by atoms with E-state index < -0.39 is 11.7 Å². The van der Waals surface area contributed by atoms with E-state index in [9.17, 15) is 13.2 Å².